The molecule has 5 rings (SSSR count). The zero-order chi connectivity index (χ0) is 25.1. The molecule has 0 aliphatic rings. The first-order valence-electron chi connectivity index (χ1n) is 12.2. The van der Waals surface area contributed by atoms with Crippen LogP contribution in [0.15, 0.2) is 95.6 Å². The summed E-state index contributed by atoms with van der Waals surface area (Å²) < 4.78 is 11.9. The number of allylic oxidation sites excluding steroid dienone is 1. The number of amides is 1. The molecule has 0 saturated heterocycles. The standard InChI is InChI=1S/C32H29NO3/c1-4-35-30-18-31-28(29(20-36-31)26-11-7-9-24-8-5-6-10-25(24)26)17-27(30)22(3)16-32(34)33-19-23-14-12-21(2)13-15-23/h5-18,20H,4,19H2,1-3H3,(H,33,34)/b22-16+. The summed E-state index contributed by atoms with van der Waals surface area (Å²) in [6, 6.07) is 26.8. The third kappa shape index (κ3) is 4.76. The molecule has 180 valence electrons. The molecule has 0 saturated carbocycles. The van der Waals surface area contributed by atoms with Crippen molar-refractivity contribution in [3.05, 3.63) is 108 Å². The van der Waals surface area contributed by atoms with Crippen molar-refractivity contribution in [2.75, 3.05) is 6.61 Å². The topological polar surface area (TPSA) is 51.5 Å². The monoisotopic (exact) mass is 475 g/mol. The Balaban J connectivity index is 1.51. The first-order chi connectivity index (χ1) is 17.5. The molecule has 4 aromatic carbocycles. The fourth-order valence-electron chi connectivity index (χ4n) is 4.53. The summed E-state index contributed by atoms with van der Waals surface area (Å²) in [4.78, 5) is 12.7. The number of rotatable bonds is 7. The van der Waals surface area contributed by atoms with Crippen LogP contribution in [-0.4, -0.2) is 12.5 Å². The second kappa shape index (κ2) is 10.1. The van der Waals surface area contributed by atoms with Gasteiger partial charge in [-0.05, 0) is 54.3 Å². The van der Waals surface area contributed by atoms with Crippen LogP contribution < -0.4 is 10.1 Å². The molecule has 0 aliphatic carbocycles. The highest BCUT2D eigenvalue weighted by Crippen LogP contribution is 2.39. The molecule has 36 heavy (non-hydrogen) atoms. The third-order valence-electron chi connectivity index (χ3n) is 6.42. The Bertz CT molecular complexity index is 1570. The Labute approximate surface area is 211 Å². The Kier molecular flexibility index (Phi) is 6.59. The van der Waals surface area contributed by atoms with Crippen molar-refractivity contribution in [1.82, 2.24) is 5.32 Å². The molecule has 0 spiro atoms. The van der Waals surface area contributed by atoms with Crippen molar-refractivity contribution < 1.29 is 13.9 Å². The molecule has 4 heteroatoms. The van der Waals surface area contributed by atoms with Crippen LogP contribution in [0.25, 0.3) is 38.4 Å². The largest absolute Gasteiger partial charge is 0.493 e. The van der Waals surface area contributed by atoms with E-state index in [0.717, 1.165) is 38.8 Å². The van der Waals surface area contributed by atoms with E-state index in [4.69, 9.17) is 9.15 Å². The molecule has 4 nitrogen and oxygen atoms in total. The van der Waals surface area contributed by atoms with E-state index in [-0.39, 0.29) is 5.91 Å². The predicted octanol–water partition coefficient (Wildman–Crippen LogP) is 7.68. The van der Waals surface area contributed by atoms with Gasteiger partial charge in [-0.25, -0.2) is 0 Å². The maximum Gasteiger partial charge on any atom is 0.244 e. The molecule has 1 N–H and O–H groups in total. The van der Waals surface area contributed by atoms with Gasteiger partial charge in [0, 0.05) is 35.2 Å². The average Bonchev–Trinajstić information content (AvgIpc) is 3.30. The third-order valence-corrected chi connectivity index (χ3v) is 6.42. The minimum atomic E-state index is -0.142. The summed E-state index contributed by atoms with van der Waals surface area (Å²) in [5.74, 6) is 0.556. The van der Waals surface area contributed by atoms with Crippen LogP contribution in [0.2, 0.25) is 0 Å². The fraction of sp³-hybridized carbons (Fsp3) is 0.156. The number of ether oxygens (including phenoxy) is 1. The van der Waals surface area contributed by atoms with Crippen LogP contribution >= 0.6 is 0 Å². The Morgan fingerprint density at radius 1 is 0.944 bits per heavy atom. The summed E-state index contributed by atoms with van der Waals surface area (Å²) >= 11 is 0. The van der Waals surface area contributed by atoms with Gasteiger partial charge in [-0.3, -0.25) is 4.79 Å². The molecule has 1 heterocycles. The van der Waals surface area contributed by atoms with E-state index in [1.165, 1.54) is 16.3 Å². The Hall–Kier alpha value is -4.31. The van der Waals surface area contributed by atoms with Crippen LogP contribution in [0.5, 0.6) is 5.75 Å². The van der Waals surface area contributed by atoms with E-state index in [2.05, 4.69) is 47.8 Å². The van der Waals surface area contributed by atoms with Gasteiger partial charge in [0.2, 0.25) is 5.91 Å². The van der Waals surface area contributed by atoms with Gasteiger partial charge in [-0.15, -0.1) is 0 Å². The predicted molar refractivity (Wildman–Crippen MR) is 147 cm³/mol. The summed E-state index contributed by atoms with van der Waals surface area (Å²) in [5, 5.41) is 6.31. The van der Waals surface area contributed by atoms with Gasteiger partial charge >= 0.3 is 0 Å². The van der Waals surface area contributed by atoms with Gasteiger partial charge in [0.25, 0.3) is 0 Å². The summed E-state index contributed by atoms with van der Waals surface area (Å²) in [6.07, 6.45) is 3.44. The molecular formula is C32H29NO3. The van der Waals surface area contributed by atoms with Crippen LogP contribution in [0.1, 0.15) is 30.5 Å². The first-order valence-corrected chi connectivity index (χ1v) is 12.2. The molecule has 5 aromatic rings. The van der Waals surface area contributed by atoms with Gasteiger partial charge in [0.15, 0.2) is 0 Å². The number of aryl methyl sites for hydroxylation is 1. The van der Waals surface area contributed by atoms with Crippen molar-refractivity contribution in [2.45, 2.75) is 27.3 Å². The molecule has 1 amide bonds. The van der Waals surface area contributed by atoms with Crippen LogP contribution in [0, 0.1) is 6.92 Å². The number of benzene rings is 4. The van der Waals surface area contributed by atoms with E-state index >= 15 is 0 Å². The molecular weight excluding hydrogens is 446 g/mol. The van der Waals surface area contributed by atoms with Gasteiger partial charge in [-0.1, -0.05) is 72.3 Å². The number of carbonyl (C=O) groups is 1. The molecule has 0 radical (unpaired) electrons. The fourth-order valence-corrected chi connectivity index (χ4v) is 4.53. The number of hydrogen-bond donors (Lipinski definition) is 1. The number of carbonyl (C=O) groups excluding carboxylic acids is 1. The van der Waals surface area contributed by atoms with Gasteiger partial charge < -0.3 is 14.5 Å². The molecule has 0 aliphatic heterocycles. The van der Waals surface area contributed by atoms with E-state index in [0.29, 0.717) is 18.9 Å². The Morgan fingerprint density at radius 2 is 1.72 bits per heavy atom. The molecule has 0 unspecified atom stereocenters. The van der Waals surface area contributed by atoms with Crippen molar-refractivity contribution >= 4 is 33.2 Å². The molecule has 0 fully saturated rings. The second-order valence-corrected chi connectivity index (χ2v) is 8.98. The van der Waals surface area contributed by atoms with Crippen LogP contribution in [0.3, 0.4) is 0 Å². The average molecular weight is 476 g/mol. The van der Waals surface area contributed by atoms with Gasteiger partial charge in [0.05, 0.1) is 12.9 Å². The summed E-state index contributed by atoms with van der Waals surface area (Å²) in [6.45, 7) is 6.93. The highest BCUT2D eigenvalue weighted by molar-refractivity contribution is 6.06. The Morgan fingerprint density at radius 3 is 2.53 bits per heavy atom. The lowest BCUT2D eigenvalue weighted by Crippen LogP contribution is -2.20. The highest BCUT2D eigenvalue weighted by atomic mass is 16.5. The first kappa shape index (κ1) is 23.4. The zero-order valence-electron chi connectivity index (χ0n) is 20.8. The lowest BCUT2D eigenvalue weighted by Gasteiger charge is -2.12. The van der Waals surface area contributed by atoms with Crippen molar-refractivity contribution in [2.24, 2.45) is 0 Å². The maximum absolute atomic E-state index is 12.7. The van der Waals surface area contributed by atoms with E-state index in [9.17, 15) is 4.79 Å². The lowest BCUT2D eigenvalue weighted by molar-refractivity contribution is -0.116. The van der Waals surface area contributed by atoms with Crippen LogP contribution in [0.4, 0.5) is 0 Å². The second-order valence-electron chi connectivity index (χ2n) is 8.98. The smallest absolute Gasteiger partial charge is 0.244 e. The number of furan rings is 1. The van der Waals surface area contributed by atoms with E-state index < -0.39 is 0 Å². The lowest BCUT2D eigenvalue weighted by atomic mass is 9.96. The zero-order valence-corrected chi connectivity index (χ0v) is 20.8. The number of nitrogens with one attached hydrogen (secondary N) is 1. The molecule has 0 atom stereocenters. The van der Waals surface area contributed by atoms with E-state index in [1.54, 1.807) is 12.3 Å². The van der Waals surface area contributed by atoms with E-state index in [1.807, 2.05) is 57.2 Å². The van der Waals surface area contributed by atoms with Gasteiger partial charge in [-0.2, -0.15) is 0 Å². The van der Waals surface area contributed by atoms with Gasteiger partial charge in [0.1, 0.15) is 11.3 Å². The minimum Gasteiger partial charge on any atom is -0.493 e. The highest BCUT2D eigenvalue weighted by Gasteiger charge is 2.16. The SMILES string of the molecule is CCOc1cc2occ(-c3cccc4ccccc34)c2cc1/C(C)=C/C(=O)NCc1ccc(C)cc1. The van der Waals surface area contributed by atoms with Crippen molar-refractivity contribution in [1.29, 1.82) is 0 Å². The minimum absolute atomic E-state index is 0.142. The number of fused-ring (bicyclic) bond motifs is 2. The molecule has 0 bridgehead atoms. The van der Waals surface area contributed by atoms with Crippen molar-refractivity contribution in [3.63, 3.8) is 0 Å². The number of hydrogen-bond acceptors (Lipinski definition) is 3. The normalized spacial score (nSPS) is 11.7. The quantitative estimate of drug-likeness (QED) is 0.246. The van der Waals surface area contributed by atoms with Crippen molar-refractivity contribution in [3.8, 4) is 16.9 Å². The summed E-state index contributed by atoms with van der Waals surface area (Å²) in [5.41, 5.74) is 6.84. The molecule has 1 aromatic heterocycles. The summed E-state index contributed by atoms with van der Waals surface area (Å²) in [7, 11) is 0. The van der Waals surface area contributed by atoms with Crippen LogP contribution in [-0.2, 0) is 11.3 Å². The maximum atomic E-state index is 12.7.